The van der Waals surface area contributed by atoms with E-state index in [2.05, 4.69) is 0 Å². The molecule has 2 heterocycles. The van der Waals surface area contributed by atoms with Crippen LogP contribution in [0.4, 0.5) is 9.59 Å². The lowest BCUT2D eigenvalue weighted by atomic mass is 10.2. The SMILES string of the molecule is CC(C)(C)OC(=O)N1C[C@H](OCc2ccccc2)C[C@H]1C(=O)O.COC[C@@H]1C[C@@H](OCc2ccccc2)CN1C(=O)OC(C)(C)C. The number of nitrogens with zero attached hydrogens (tertiary/aromatic N) is 2. The smallest absolute Gasteiger partial charge is 0.411 e. The Labute approximate surface area is 272 Å². The zero-order valence-corrected chi connectivity index (χ0v) is 28.1. The maximum absolute atomic E-state index is 12.4. The molecule has 2 aliphatic rings. The lowest BCUT2D eigenvalue weighted by Gasteiger charge is -2.28. The molecule has 2 fully saturated rings. The van der Waals surface area contributed by atoms with Crippen LogP contribution < -0.4 is 0 Å². The van der Waals surface area contributed by atoms with Gasteiger partial charge in [0.15, 0.2) is 0 Å². The van der Waals surface area contributed by atoms with Gasteiger partial charge in [0.05, 0.1) is 51.2 Å². The first-order chi connectivity index (χ1) is 21.6. The minimum atomic E-state index is -1.04. The van der Waals surface area contributed by atoms with Crippen molar-refractivity contribution in [3.05, 3.63) is 71.8 Å². The Morgan fingerprint density at radius 3 is 1.59 bits per heavy atom. The number of likely N-dealkylation sites (tertiary alicyclic amines) is 2. The Kier molecular flexibility index (Phi) is 13.4. The van der Waals surface area contributed by atoms with Crippen molar-refractivity contribution in [1.82, 2.24) is 9.80 Å². The van der Waals surface area contributed by atoms with E-state index in [4.69, 9.17) is 23.7 Å². The van der Waals surface area contributed by atoms with Gasteiger partial charge in [-0.3, -0.25) is 4.90 Å². The van der Waals surface area contributed by atoms with Gasteiger partial charge in [0.25, 0.3) is 0 Å². The number of hydrogen-bond donors (Lipinski definition) is 1. The summed E-state index contributed by atoms with van der Waals surface area (Å²) in [6.45, 7) is 13.0. The van der Waals surface area contributed by atoms with Crippen molar-refractivity contribution in [2.45, 2.75) is 103 Å². The van der Waals surface area contributed by atoms with Crippen LogP contribution in [0.3, 0.4) is 0 Å². The average molecular weight is 643 g/mol. The Balaban J connectivity index is 0.000000250. The van der Waals surface area contributed by atoms with Gasteiger partial charge in [-0.05, 0) is 59.1 Å². The van der Waals surface area contributed by atoms with E-state index < -0.39 is 29.3 Å². The van der Waals surface area contributed by atoms with E-state index >= 15 is 0 Å². The molecule has 1 N–H and O–H groups in total. The maximum atomic E-state index is 12.4. The number of rotatable bonds is 9. The minimum Gasteiger partial charge on any atom is -0.480 e. The molecular weight excluding hydrogens is 592 g/mol. The molecule has 254 valence electrons. The lowest BCUT2D eigenvalue weighted by Crippen LogP contribution is -2.43. The summed E-state index contributed by atoms with van der Waals surface area (Å²) in [4.78, 5) is 38.9. The van der Waals surface area contributed by atoms with Gasteiger partial charge in [-0.2, -0.15) is 0 Å². The maximum Gasteiger partial charge on any atom is 0.411 e. The lowest BCUT2D eigenvalue weighted by molar-refractivity contribution is -0.142. The van der Waals surface area contributed by atoms with Crippen LogP contribution in [0, 0.1) is 0 Å². The molecule has 0 aromatic heterocycles. The van der Waals surface area contributed by atoms with E-state index in [9.17, 15) is 19.5 Å². The number of ether oxygens (including phenoxy) is 5. The van der Waals surface area contributed by atoms with Gasteiger partial charge in [0, 0.05) is 13.5 Å². The second-order valence-electron chi connectivity index (χ2n) is 13.5. The average Bonchev–Trinajstić information content (AvgIpc) is 3.60. The Bertz CT molecular complexity index is 1240. The zero-order valence-electron chi connectivity index (χ0n) is 28.1. The van der Waals surface area contributed by atoms with Crippen LogP contribution >= 0.6 is 0 Å². The summed E-state index contributed by atoms with van der Waals surface area (Å²) in [7, 11) is 1.64. The van der Waals surface area contributed by atoms with Gasteiger partial charge in [-0.1, -0.05) is 60.7 Å². The molecule has 0 bridgehead atoms. The summed E-state index contributed by atoms with van der Waals surface area (Å²) in [6, 6.07) is 18.8. The summed E-state index contributed by atoms with van der Waals surface area (Å²) in [5.74, 6) is -1.04. The fourth-order valence-corrected chi connectivity index (χ4v) is 5.14. The number of aliphatic carboxylic acids is 1. The third-order valence-electron chi connectivity index (χ3n) is 7.20. The molecule has 0 aliphatic carbocycles. The van der Waals surface area contributed by atoms with E-state index in [1.165, 1.54) is 4.90 Å². The largest absolute Gasteiger partial charge is 0.480 e. The number of amides is 2. The first kappa shape index (κ1) is 36.8. The number of carbonyl (C=O) groups is 3. The monoisotopic (exact) mass is 642 g/mol. The van der Waals surface area contributed by atoms with Crippen LogP contribution in [-0.2, 0) is 41.7 Å². The molecule has 0 saturated carbocycles. The topological polar surface area (TPSA) is 124 Å². The molecule has 2 saturated heterocycles. The Hall–Kier alpha value is -3.67. The van der Waals surface area contributed by atoms with Crippen molar-refractivity contribution in [2.75, 3.05) is 26.8 Å². The molecule has 46 heavy (non-hydrogen) atoms. The van der Waals surface area contributed by atoms with E-state index in [-0.39, 0.29) is 37.3 Å². The standard InChI is InChI=1S/C18H27NO4.C17H23NO5/c1-18(2,3)23-17(20)19-11-16(10-15(19)13-21-4)22-12-14-8-6-5-7-9-14;1-17(2,3)23-16(21)18-10-13(9-14(18)15(19)20)22-11-12-7-5-4-6-8-12/h5-9,15-16H,10-13H2,1-4H3;4-8,13-14H,9-11H2,1-3H3,(H,19,20)/t15-,16+;13-,14+/m01/s1. The molecule has 0 unspecified atom stereocenters. The molecule has 11 heteroatoms. The van der Waals surface area contributed by atoms with E-state index in [1.807, 2.05) is 81.4 Å². The Morgan fingerprint density at radius 2 is 1.15 bits per heavy atom. The van der Waals surface area contributed by atoms with Crippen molar-refractivity contribution in [3.63, 3.8) is 0 Å². The van der Waals surface area contributed by atoms with E-state index in [0.29, 0.717) is 26.4 Å². The number of benzene rings is 2. The predicted octanol–water partition coefficient (Wildman–Crippen LogP) is 5.89. The third-order valence-corrected chi connectivity index (χ3v) is 7.20. The highest BCUT2D eigenvalue weighted by Gasteiger charge is 2.42. The van der Waals surface area contributed by atoms with Crippen LogP contribution in [0.25, 0.3) is 0 Å². The summed E-state index contributed by atoms with van der Waals surface area (Å²) in [6.07, 6.45) is -0.200. The summed E-state index contributed by atoms with van der Waals surface area (Å²) in [5.41, 5.74) is 0.975. The number of carbonyl (C=O) groups excluding carboxylic acids is 2. The first-order valence-electron chi connectivity index (χ1n) is 15.7. The van der Waals surface area contributed by atoms with Crippen LogP contribution in [0.2, 0.25) is 0 Å². The molecule has 2 aromatic carbocycles. The van der Waals surface area contributed by atoms with Crippen molar-refractivity contribution in [2.24, 2.45) is 0 Å². The summed E-state index contributed by atoms with van der Waals surface area (Å²) < 4.78 is 27.7. The second-order valence-corrected chi connectivity index (χ2v) is 13.5. The molecule has 11 nitrogen and oxygen atoms in total. The van der Waals surface area contributed by atoms with Gasteiger partial charge in [-0.25, -0.2) is 14.4 Å². The molecule has 0 spiro atoms. The summed E-state index contributed by atoms with van der Waals surface area (Å²) in [5, 5.41) is 9.33. The summed E-state index contributed by atoms with van der Waals surface area (Å²) >= 11 is 0. The van der Waals surface area contributed by atoms with Crippen LogP contribution in [0.5, 0.6) is 0 Å². The number of hydrogen-bond acceptors (Lipinski definition) is 8. The van der Waals surface area contributed by atoms with Crippen LogP contribution in [0.1, 0.15) is 65.5 Å². The highest BCUT2D eigenvalue weighted by atomic mass is 16.6. The Morgan fingerprint density at radius 1 is 0.717 bits per heavy atom. The van der Waals surface area contributed by atoms with Gasteiger partial charge >= 0.3 is 18.2 Å². The molecule has 0 radical (unpaired) electrons. The molecule has 4 atom stereocenters. The predicted molar refractivity (Wildman–Crippen MR) is 172 cm³/mol. The third kappa shape index (κ3) is 12.3. The second kappa shape index (κ2) is 16.8. The molecule has 2 amide bonds. The van der Waals surface area contributed by atoms with E-state index in [0.717, 1.165) is 17.5 Å². The number of methoxy groups -OCH3 is 1. The fraction of sp³-hybridized carbons (Fsp3) is 0.571. The van der Waals surface area contributed by atoms with Crippen molar-refractivity contribution in [1.29, 1.82) is 0 Å². The van der Waals surface area contributed by atoms with Crippen LogP contribution in [-0.4, -0.2) is 95.4 Å². The fourth-order valence-electron chi connectivity index (χ4n) is 5.14. The normalized spacial score (nSPS) is 21.4. The van der Waals surface area contributed by atoms with Gasteiger partial charge < -0.3 is 33.7 Å². The number of carboxylic acid groups (broad SMARTS) is 1. The highest BCUT2D eigenvalue weighted by Crippen LogP contribution is 2.26. The van der Waals surface area contributed by atoms with E-state index in [1.54, 1.807) is 32.8 Å². The van der Waals surface area contributed by atoms with Crippen molar-refractivity contribution in [3.8, 4) is 0 Å². The molecular formula is C35H50N2O9. The minimum absolute atomic E-state index is 0.00266. The molecule has 4 rings (SSSR count). The van der Waals surface area contributed by atoms with Gasteiger partial charge in [-0.15, -0.1) is 0 Å². The quantitative estimate of drug-likeness (QED) is 0.356. The molecule has 2 aliphatic heterocycles. The van der Waals surface area contributed by atoms with Gasteiger partial charge in [0.1, 0.15) is 17.2 Å². The number of carboxylic acids is 1. The van der Waals surface area contributed by atoms with Crippen molar-refractivity contribution >= 4 is 18.2 Å². The van der Waals surface area contributed by atoms with Gasteiger partial charge in [0.2, 0.25) is 0 Å². The highest BCUT2D eigenvalue weighted by molar-refractivity contribution is 5.81. The zero-order chi connectivity index (χ0) is 33.9. The van der Waals surface area contributed by atoms with Crippen LogP contribution in [0.15, 0.2) is 60.7 Å². The van der Waals surface area contributed by atoms with Crippen molar-refractivity contribution < 1.29 is 43.2 Å². The molecule has 2 aromatic rings. The first-order valence-corrected chi connectivity index (χ1v) is 15.7.